The number of amidine groups is 1. The second kappa shape index (κ2) is 6.90. The first-order valence-corrected chi connectivity index (χ1v) is 9.55. The van der Waals surface area contributed by atoms with Gasteiger partial charge in [-0.2, -0.15) is 8.42 Å². The van der Waals surface area contributed by atoms with Crippen LogP contribution in [0, 0.1) is 5.92 Å². The van der Waals surface area contributed by atoms with Gasteiger partial charge in [-0.15, -0.1) is 4.40 Å². The van der Waals surface area contributed by atoms with Gasteiger partial charge in [-0.1, -0.05) is 12.1 Å². The highest BCUT2D eigenvalue weighted by atomic mass is 32.2. The Hall–Kier alpha value is -1.93. The Morgan fingerprint density at radius 2 is 2.04 bits per heavy atom. The summed E-state index contributed by atoms with van der Waals surface area (Å²) >= 11 is 0. The molecule has 130 valence electrons. The Labute approximate surface area is 142 Å². The number of carbonyl (C=O) groups is 1. The summed E-state index contributed by atoms with van der Waals surface area (Å²) in [5.74, 6) is 0.951. The van der Waals surface area contributed by atoms with Crippen LogP contribution in [0.3, 0.4) is 0 Å². The maximum Gasteiger partial charge on any atom is 0.286 e. The maximum atomic E-state index is 12.2. The Morgan fingerprint density at radius 3 is 2.75 bits per heavy atom. The van der Waals surface area contributed by atoms with Crippen molar-refractivity contribution >= 4 is 27.5 Å². The van der Waals surface area contributed by atoms with E-state index in [2.05, 4.69) is 19.9 Å². The van der Waals surface area contributed by atoms with E-state index in [0.717, 1.165) is 25.9 Å². The molecule has 2 aliphatic rings. The highest BCUT2D eigenvalue weighted by Gasteiger charge is 2.26. The molecule has 1 amide bonds. The summed E-state index contributed by atoms with van der Waals surface area (Å²) in [4.78, 5) is 13.4. The Morgan fingerprint density at radius 1 is 1.33 bits per heavy atom. The number of rotatable bonds is 4. The molecule has 0 spiro atoms. The molecule has 0 atom stereocenters. The number of nitrogens with one attached hydrogen (secondary N) is 2. The first-order chi connectivity index (χ1) is 11.4. The number of nitrogens with zero attached hydrogens (tertiary/aromatic N) is 2. The summed E-state index contributed by atoms with van der Waals surface area (Å²) in [6.07, 6.45) is 1.97. The van der Waals surface area contributed by atoms with Gasteiger partial charge in [0.05, 0.1) is 12.2 Å². The molecule has 0 aromatic heterocycles. The number of carbonyl (C=O) groups excluding carboxylic acids is 1. The zero-order chi connectivity index (χ0) is 17.2. The van der Waals surface area contributed by atoms with E-state index in [1.54, 1.807) is 24.3 Å². The van der Waals surface area contributed by atoms with Crippen molar-refractivity contribution in [2.45, 2.75) is 24.7 Å². The van der Waals surface area contributed by atoms with E-state index in [0.29, 0.717) is 30.5 Å². The van der Waals surface area contributed by atoms with Crippen LogP contribution in [-0.2, 0) is 14.8 Å². The third-order valence-electron chi connectivity index (χ3n) is 4.39. The van der Waals surface area contributed by atoms with E-state index >= 15 is 0 Å². The minimum atomic E-state index is -3.62. The molecular formula is C16H22N4O3S. The van der Waals surface area contributed by atoms with E-state index in [1.807, 2.05) is 0 Å². The smallest absolute Gasteiger partial charge is 0.286 e. The lowest BCUT2D eigenvalue weighted by atomic mass is 9.97. The van der Waals surface area contributed by atoms with E-state index in [4.69, 9.17) is 0 Å². The summed E-state index contributed by atoms with van der Waals surface area (Å²) in [6.45, 7) is 4.46. The van der Waals surface area contributed by atoms with Crippen LogP contribution in [0.5, 0.6) is 0 Å². The topological polar surface area (TPSA) is 90.9 Å². The summed E-state index contributed by atoms with van der Waals surface area (Å²) < 4.78 is 28.4. The van der Waals surface area contributed by atoms with Crippen LogP contribution >= 0.6 is 0 Å². The second-order valence-corrected chi connectivity index (χ2v) is 7.86. The van der Waals surface area contributed by atoms with Crippen LogP contribution < -0.4 is 10.6 Å². The van der Waals surface area contributed by atoms with Gasteiger partial charge >= 0.3 is 0 Å². The second-order valence-electron chi connectivity index (χ2n) is 6.29. The molecule has 8 heteroatoms. The number of piperidine rings is 1. The molecule has 0 unspecified atom stereocenters. The molecule has 1 saturated heterocycles. The van der Waals surface area contributed by atoms with Crippen molar-refractivity contribution in [3.05, 3.63) is 24.3 Å². The van der Waals surface area contributed by atoms with Crippen molar-refractivity contribution < 1.29 is 13.2 Å². The highest BCUT2D eigenvalue weighted by Crippen LogP contribution is 2.27. The monoisotopic (exact) mass is 350 g/mol. The van der Waals surface area contributed by atoms with Crippen LogP contribution in [0.25, 0.3) is 0 Å². The van der Waals surface area contributed by atoms with Gasteiger partial charge in [0, 0.05) is 13.5 Å². The molecule has 0 aliphatic carbocycles. The highest BCUT2D eigenvalue weighted by molar-refractivity contribution is 7.90. The van der Waals surface area contributed by atoms with Crippen LogP contribution in [0.4, 0.5) is 5.69 Å². The zero-order valence-electron chi connectivity index (χ0n) is 13.7. The quantitative estimate of drug-likeness (QED) is 0.847. The van der Waals surface area contributed by atoms with Crippen molar-refractivity contribution in [3.63, 3.8) is 0 Å². The SMILES string of the molecule is CC(=O)NCC1CCN(CC2=NS(=O)(=O)c3ccccc3N2)CC1. The number of anilines is 1. The number of fused-ring (bicyclic) bond motifs is 1. The molecule has 0 saturated carbocycles. The minimum absolute atomic E-state index is 0.00191. The van der Waals surface area contributed by atoms with Gasteiger partial charge in [0.1, 0.15) is 10.7 Å². The van der Waals surface area contributed by atoms with Crippen molar-refractivity contribution in [2.24, 2.45) is 10.3 Å². The van der Waals surface area contributed by atoms with Crippen LogP contribution in [0.2, 0.25) is 0 Å². The molecule has 1 aromatic rings. The first-order valence-electron chi connectivity index (χ1n) is 8.11. The van der Waals surface area contributed by atoms with E-state index in [-0.39, 0.29) is 10.8 Å². The fourth-order valence-corrected chi connectivity index (χ4v) is 4.22. The van der Waals surface area contributed by atoms with Crippen LogP contribution in [0.15, 0.2) is 33.6 Å². The average Bonchev–Trinajstić information content (AvgIpc) is 2.53. The maximum absolute atomic E-state index is 12.2. The molecule has 2 N–H and O–H groups in total. The number of hydrogen-bond acceptors (Lipinski definition) is 5. The summed E-state index contributed by atoms with van der Waals surface area (Å²) in [6, 6.07) is 6.81. The molecular weight excluding hydrogens is 328 g/mol. The number of amides is 1. The zero-order valence-corrected chi connectivity index (χ0v) is 14.5. The Kier molecular flexibility index (Phi) is 4.86. The number of likely N-dealkylation sites (tertiary alicyclic amines) is 1. The van der Waals surface area contributed by atoms with Crippen molar-refractivity contribution in [1.29, 1.82) is 0 Å². The van der Waals surface area contributed by atoms with Crippen LogP contribution in [-0.4, -0.2) is 51.2 Å². The fourth-order valence-electron chi connectivity index (χ4n) is 3.08. The average molecular weight is 350 g/mol. The third-order valence-corrected chi connectivity index (χ3v) is 5.77. The van der Waals surface area contributed by atoms with E-state index in [1.165, 1.54) is 6.92 Å². The van der Waals surface area contributed by atoms with E-state index in [9.17, 15) is 13.2 Å². The fraction of sp³-hybridized carbons (Fsp3) is 0.500. The van der Waals surface area contributed by atoms with Gasteiger partial charge < -0.3 is 10.6 Å². The van der Waals surface area contributed by atoms with Gasteiger partial charge in [0.2, 0.25) is 5.91 Å². The molecule has 24 heavy (non-hydrogen) atoms. The number of benzene rings is 1. The van der Waals surface area contributed by atoms with Crippen LogP contribution in [0.1, 0.15) is 19.8 Å². The minimum Gasteiger partial charge on any atom is -0.356 e. The molecule has 0 bridgehead atoms. The summed E-state index contributed by atoms with van der Waals surface area (Å²) in [5, 5.41) is 5.98. The predicted octanol–water partition coefficient (Wildman–Crippen LogP) is 1.05. The molecule has 2 heterocycles. The molecule has 1 fully saturated rings. The number of sulfonamides is 1. The molecule has 3 rings (SSSR count). The molecule has 1 aromatic carbocycles. The number of para-hydroxylation sites is 1. The predicted molar refractivity (Wildman–Crippen MR) is 92.5 cm³/mol. The van der Waals surface area contributed by atoms with Crippen molar-refractivity contribution in [2.75, 3.05) is 31.5 Å². The third kappa shape index (κ3) is 3.93. The lowest BCUT2D eigenvalue weighted by Gasteiger charge is -2.32. The summed E-state index contributed by atoms with van der Waals surface area (Å²) in [7, 11) is -3.62. The largest absolute Gasteiger partial charge is 0.356 e. The molecule has 7 nitrogen and oxygen atoms in total. The lowest BCUT2D eigenvalue weighted by molar-refractivity contribution is -0.119. The number of hydrogen-bond donors (Lipinski definition) is 2. The van der Waals surface area contributed by atoms with Gasteiger partial charge in [-0.05, 0) is 44.0 Å². The van der Waals surface area contributed by atoms with Gasteiger partial charge in [0.25, 0.3) is 10.0 Å². The molecule has 2 aliphatic heterocycles. The Balaban J connectivity index is 1.58. The van der Waals surface area contributed by atoms with Gasteiger partial charge in [0.15, 0.2) is 0 Å². The lowest BCUT2D eigenvalue weighted by Crippen LogP contribution is -2.42. The van der Waals surface area contributed by atoms with Crippen molar-refractivity contribution in [3.8, 4) is 0 Å². The Bertz CT molecular complexity index is 752. The molecule has 0 radical (unpaired) electrons. The van der Waals surface area contributed by atoms with Gasteiger partial charge in [-0.25, -0.2) is 0 Å². The summed E-state index contributed by atoms with van der Waals surface area (Å²) in [5.41, 5.74) is 0.586. The van der Waals surface area contributed by atoms with Crippen molar-refractivity contribution in [1.82, 2.24) is 10.2 Å². The first kappa shape index (κ1) is 16.9. The normalized spacial score (nSPS) is 20.6. The van der Waals surface area contributed by atoms with Gasteiger partial charge in [-0.3, -0.25) is 9.69 Å². The van der Waals surface area contributed by atoms with E-state index < -0.39 is 10.0 Å². The standard InChI is InChI=1S/C16H22N4O3S/c1-12(21)17-10-13-6-8-20(9-7-13)11-16-18-14-4-2-3-5-15(14)24(22,23)19-16/h2-5,13H,6-11H2,1H3,(H,17,21)(H,18,19).